The summed E-state index contributed by atoms with van der Waals surface area (Å²) >= 11 is 12.1. The van der Waals surface area contributed by atoms with Crippen LogP contribution in [-0.2, 0) is 0 Å². The van der Waals surface area contributed by atoms with Gasteiger partial charge in [0, 0.05) is 11.6 Å². The van der Waals surface area contributed by atoms with E-state index in [0.717, 1.165) is 0 Å². The van der Waals surface area contributed by atoms with Crippen LogP contribution in [0.2, 0.25) is 10.0 Å². The van der Waals surface area contributed by atoms with Crippen LogP contribution >= 0.6 is 23.2 Å². The molecule has 0 aliphatic carbocycles. The third-order valence-corrected chi connectivity index (χ3v) is 3.16. The Morgan fingerprint density at radius 3 is 2.84 bits per heavy atom. The quantitative estimate of drug-likeness (QED) is 0.854. The third kappa shape index (κ3) is 3.08. The smallest absolute Gasteiger partial charge is 0.222 e. The minimum absolute atomic E-state index is 0.132. The van der Waals surface area contributed by atoms with E-state index >= 15 is 0 Å². The Morgan fingerprint density at radius 2 is 2.11 bits per heavy atom. The van der Waals surface area contributed by atoms with Crippen molar-refractivity contribution in [2.45, 2.75) is 0 Å². The Hall–Kier alpha value is -1.96. The molecule has 0 aliphatic rings. The normalized spacial score (nSPS) is 9.95. The number of nitrogens with one attached hydrogen (secondary N) is 1. The van der Waals surface area contributed by atoms with E-state index in [1.165, 1.54) is 0 Å². The van der Waals surface area contributed by atoms with E-state index < -0.39 is 0 Å². The van der Waals surface area contributed by atoms with Crippen molar-refractivity contribution in [3.05, 3.63) is 34.3 Å². The highest BCUT2D eigenvalue weighted by atomic mass is 35.5. The lowest BCUT2D eigenvalue weighted by molar-refractivity contribution is 1.16. The van der Waals surface area contributed by atoms with Gasteiger partial charge in [-0.05, 0) is 6.07 Å². The number of nitrogen functional groups attached to an aromatic ring is 1. The van der Waals surface area contributed by atoms with Crippen molar-refractivity contribution in [1.82, 2.24) is 9.97 Å². The van der Waals surface area contributed by atoms with Crippen LogP contribution in [0.25, 0.3) is 11.3 Å². The first-order valence-corrected chi connectivity index (χ1v) is 6.13. The fourth-order valence-corrected chi connectivity index (χ4v) is 1.93. The number of terminal acetylenes is 1. The average Bonchev–Trinajstić information content (AvgIpc) is 2.39. The summed E-state index contributed by atoms with van der Waals surface area (Å²) in [6.07, 6.45) is 5.18. The molecule has 6 heteroatoms. The van der Waals surface area contributed by atoms with Crippen molar-refractivity contribution in [2.24, 2.45) is 0 Å². The summed E-state index contributed by atoms with van der Waals surface area (Å²) < 4.78 is 0. The SMILES string of the molecule is C#CCNc1cc(-c2cccc(Cl)c2Cl)nc(N)n1. The first kappa shape index (κ1) is 13.5. The third-order valence-electron chi connectivity index (χ3n) is 2.34. The molecular weight excluding hydrogens is 283 g/mol. The van der Waals surface area contributed by atoms with Gasteiger partial charge in [-0.25, -0.2) is 4.98 Å². The maximum Gasteiger partial charge on any atom is 0.222 e. The summed E-state index contributed by atoms with van der Waals surface area (Å²) in [5, 5.41) is 3.81. The van der Waals surface area contributed by atoms with Gasteiger partial charge in [0.15, 0.2) is 0 Å². The van der Waals surface area contributed by atoms with Crippen molar-refractivity contribution in [2.75, 3.05) is 17.6 Å². The monoisotopic (exact) mass is 292 g/mol. The molecule has 0 spiro atoms. The highest BCUT2D eigenvalue weighted by Crippen LogP contribution is 2.33. The predicted molar refractivity (Wildman–Crippen MR) is 79.2 cm³/mol. The maximum atomic E-state index is 6.15. The molecule has 0 saturated heterocycles. The van der Waals surface area contributed by atoms with Gasteiger partial charge in [0.2, 0.25) is 5.95 Å². The van der Waals surface area contributed by atoms with Crippen LogP contribution < -0.4 is 11.1 Å². The van der Waals surface area contributed by atoms with Gasteiger partial charge < -0.3 is 11.1 Å². The molecule has 1 aromatic heterocycles. The van der Waals surface area contributed by atoms with Crippen molar-refractivity contribution in [3.63, 3.8) is 0 Å². The molecule has 0 amide bonds. The summed E-state index contributed by atoms with van der Waals surface area (Å²) in [6, 6.07) is 7.01. The summed E-state index contributed by atoms with van der Waals surface area (Å²) in [4.78, 5) is 8.18. The lowest BCUT2D eigenvalue weighted by Crippen LogP contribution is -2.05. The molecular formula is C13H10Cl2N4. The second kappa shape index (κ2) is 5.79. The Morgan fingerprint density at radius 1 is 1.32 bits per heavy atom. The van der Waals surface area contributed by atoms with Crippen LogP contribution in [0.1, 0.15) is 0 Å². The van der Waals surface area contributed by atoms with Gasteiger partial charge >= 0.3 is 0 Å². The summed E-state index contributed by atoms with van der Waals surface area (Å²) in [5.41, 5.74) is 6.94. The van der Waals surface area contributed by atoms with E-state index in [4.69, 9.17) is 35.4 Å². The molecule has 19 heavy (non-hydrogen) atoms. The Balaban J connectivity index is 2.47. The van der Waals surface area contributed by atoms with Crippen molar-refractivity contribution in [3.8, 4) is 23.6 Å². The summed E-state index contributed by atoms with van der Waals surface area (Å²) in [6.45, 7) is 0.346. The van der Waals surface area contributed by atoms with E-state index in [2.05, 4.69) is 21.2 Å². The van der Waals surface area contributed by atoms with Crippen LogP contribution in [0.4, 0.5) is 11.8 Å². The summed E-state index contributed by atoms with van der Waals surface area (Å²) in [7, 11) is 0. The molecule has 0 unspecified atom stereocenters. The molecule has 4 nitrogen and oxygen atoms in total. The lowest BCUT2D eigenvalue weighted by Gasteiger charge is -2.08. The molecule has 3 N–H and O–H groups in total. The van der Waals surface area contributed by atoms with Crippen molar-refractivity contribution >= 4 is 35.0 Å². The molecule has 0 aliphatic heterocycles. The summed E-state index contributed by atoms with van der Waals surface area (Å²) in [5.74, 6) is 3.13. The Bertz CT molecular complexity index is 650. The molecule has 0 fully saturated rings. The number of rotatable bonds is 3. The number of nitrogens with zero attached hydrogens (tertiary/aromatic N) is 2. The number of aromatic nitrogens is 2. The standard InChI is InChI=1S/C13H10Cl2N4/c1-2-6-17-11-7-10(18-13(16)19-11)8-4-3-5-9(14)12(8)15/h1,3-5,7H,6H2,(H3,16,17,18,19). The molecule has 1 aromatic carbocycles. The van der Waals surface area contributed by atoms with Gasteiger partial charge in [0.25, 0.3) is 0 Å². The fourth-order valence-electron chi connectivity index (χ4n) is 1.54. The first-order valence-electron chi connectivity index (χ1n) is 5.38. The van der Waals surface area contributed by atoms with E-state index in [-0.39, 0.29) is 5.95 Å². The fraction of sp³-hybridized carbons (Fsp3) is 0.0769. The van der Waals surface area contributed by atoms with Crippen LogP contribution in [-0.4, -0.2) is 16.5 Å². The number of halogens is 2. The highest BCUT2D eigenvalue weighted by molar-refractivity contribution is 6.43. The number of anilines is 2. The average molecular weight is 293 g/mol. The lowest BCUT2D eigenvalue weighted by atomic mass is 10.1. The van der Waals surface area contributed by atoms with Crippen LogP contribution in [0, 0.1) is 12.3 Å². The number of hydrogen-bond donors (Lipinski definition) is 2. The molecule has 2 aromatic rings. The predicted octanol–water partition coefficient (Wildman–Crippen LogP) is 3.08. The van der Waals surface area contributed by atoms with E-state index in [9.17, 15) is 0 Å². The van der Waals surface area contributed by atoms with Gasteiger partial charge in [-0.1, -0.05) is 41.3 Å². The number of benzene rings is 1. The van der Waals surface area contributed by atoms with Crippen LogP contribution in [0.3, 0.4) is 0 Å². The van der Waals surface area contributed by atoms with Gasteiger partial charge in [0.05, 0.1) is 22.3 Å². The van der Waals surface area contributed by atoms with Crippen LogP contribution in [0.5, 0.6) is 0 Å². The number of nitrogens with two attached hydrogens (primary N) is 1. The van der Waals surface area contributed by atoms with E-state index in [1.807, 2.05) is 0 Å². The maximum absolute atomic E-state index is 6.15. The van der Waals surface area contributed by atoms with Gasteiger partial charge in [-0.15, -0.1) is 6.42 Å². The molecule has 0 bridgehead atoms. The molecule has 0 atom stereocenters. The molecule has 1 heterocycles. The first-order chi connectivity index (χ1) is 9.11. The second-order valence-corrected chi connectivity index (χ2v) is 4.44. The van der Waals surface area contributed by atoms with E-state index in [1.54, 1.807) is 24.3 Å². The largest absolute Gasteiger partial charge is 0.368 e. The Labute approximate surface area is 121 Å². The molecule has 96 valence electrons. The van der Waals surface area contributed by atoms with Crippen molar-refractivity contribution in [1.29, 1.82) is 0 Å². The second-order valence-electron chi connectivity index (χ2n) is 3.66. The Kier molecular flexibility index (Phi) is 4.10. The van der Waals surface area contributed by atoms with Gasteiger partial charge in [-0.2, -0.15) is 4.98 Å². The van der Waals surface area contributed by atoms with Gasteiger partial charge in [0.1, 0.15) is 5.82 Å². The zero-order chi connectivity index (χ0) is 13.8. The zero-order valence-electron chi connectivity index (χ0n) is 9.82. The topological polar surface area (TPSA) is 63.8 Å². The highest BCUT2D eigenvalue weighted by Gasteiger charge is 2.10. The minimum Gasteiger partial charge on any atom is -0.368 e. The van der Waals surface area contributed by atoms with Gasteiger partial charge in [-0.3, -0.25) is 0 Å². The number of hydrogen-bond acceptors (Lipinski definition) is 4. The van der Waals surface area contributed by atoms with Crippen LogP contribution in [0.15, 0.2) is 24.3 Å². The molecule has 0 radical (unpaired) electrons. The molecule has 0 saturated carbocycles. The molecule has 2 rings (SSSR count). The zero-order valence-corrected chi connectivity index (χ0v) is 11.3. The van der Waals surface area contributed by atoms with E-state index in [0.29, 0.717) is 33.7 Å². The minimum atomic E-state index is 0.132. The van der Waals surface area contributed by atoms with Crippen molar-refractivity contribution < 1.29 is 0 Å².